The van der Waals surface area contributed by atoms with Gasteiger partial charge < -0.3 is 14.5 Å². The molecule has 0 unspecified atom stereocenters. The van der Waals surface area contributed by atoms with E-state index in [4.69, 9.17) is 4.74 Å². The number of benzene rings is 2. The summed E-state index contributed by atoms with van der Waals surface area (Å²) in [5, 5.41) is 0. The number of ether oxygens (including phenoxy) is 1. The van der Waals surface area contributed by atoms with Crippen molar-refractivity contribution >= 4 is 21.6 Å². The minimum atomic E-state index is 0.896. The molecule has 3 nitrogen and oxygen atoms in total. The molecule has 0 bridgehead atoms. The number of halogens is 1. The standard InChI is InChI=1S/C19H23BrN2O/c1-15-3-6-17(7-4-15)22-11-9-21(10-12-22)14-16-5-8-19(23-2)18(20)13-16/h3-8,13H,9-12,14H2,1-2H3/p+1. The molecule has 4 heteroatoms. The topological polar surface area (TPSA) is 16.9 Å². The molecule has 0 saturated carbocycles. The maximum absolute atomic E-state index is 5.30. The predicted molar refractivity (Wildman–Crippen MR) is 98.5 cm³/mol. The van der Waals surface area contributed by atoms with Crippen LogP contribution in [0.25, 0.3) is 0 Å². The van der Waals surface area contributed by atoms with Crippen LogP contribution < -0.4 is 14.5 Å². The van der Waals surface area contributed by atoms with Crippen molar-refractivity contribution in [1.29, 1.82) is 0 Å². The van der Waals surface area contributed by atoms with Gasteiger partial charge in [-0.25, -0.2) is 0 Å². The second-order valence-corrected chi connectivity index (χ2v) is 7.07. The summed E-state index contributed by atoms with van der Waals surface area (Å²) in [7, 11) is 1.70. The summed E-state index contributed by atoms with van der Waals surface area (Å²) in [6.45, 7) is 7.81. The van der Waals surface area contributed by atoms with Crippen LogP contribution in [0.3, 0.4) is 0 Å². The number of quaternary nitrogens is 1. The molecule has 0 aromatic heterocycles. The number of nitrogens with zero attached hydrogens (tertiary/aromatic N) is 1. The van der Waals surface area contributed by atoms with Gasteiger partial charge in [0.25, 0.3) is 0 Å². The molecule has 1 N–H and O–H groups in total. The Morgan fingerprint density at radius 2 is 1.78 bits per heavy atom. The van der Waals surface area contributed by atoms with Crippen LogP contribution in [-0.4, -0.2) is 33.3 Å². The molecule has 0 spiro atoms. The molecule has 1 fully saturated rings. The second kappa shape index (κ2) is 7.37. The van der Waals surface area contributed by atoms with Gasteiger partial charge in [0, 0.05) is 11.3 Å². The third-order valence-corrected chi connectivity index (χ3v) is 5.16. The SMILES string of the molecule is COc1ccc(C[NH+]2CCN(c3ccc(C)cc3)CC2)cc1Br. The lowest BCUT2D eigenvalue weighted by atomic mass is 10.1. The Bertz CT molecular complexity index is 649. The summed E-state index contributed by atoms with van der Waals surface area (Å²) in [5.41, 5.74) is 4.03. The van der Waals surface area contributed by atoms with E-state index in [1.807, 2.05) is 6.07 Å². The van der Waals surface area contributed by atoms with Crippen molar-refractivity contribution in [3.05, 3.63) is 58.1 Å². The Balaban J connectivity index is 1.56. The van der Waals surface area contributed by atoms with Crippen LogP contribution in [0, 0.1) is 6.92 Å². The number of piperazine rings is 1. The van der Waals surface area contributed by atoms with Crippen LogP contribution in [0.5, 0.6) is 5.75 Å². The van der Waals surface area contributed by atoms with Gasteiger partial charge in [0.1, 0.15) is 12.3 Å². The molecule has 0 aliphatic carbocycles. The smallest absolute Gasteiger partial charge is 0.133 e. The summed E-state index contributed by atoms with van der Waals surface area (Å²) in [4.78, 5) is 4.14. The molecule has 122 valence electrons. The van der Waals surface area contributed by atoms with Crippen molar-refractivity contribution in [2.45, 2.75) is 13.5 Å². The first-order valence-electron chi connectivity index (χ1n) is 8.13. The van der Waals surface area contributed by atoms with Crippen molar-refractivity contribution in [3.63, 3.8) is 0 Å². The van der Waals surface area contributed by atoms with Gasteiger partial charge in [-0.05, 0) is 53.2 Å². The highest BCUT2D eigenvalue weighted by atomic mass is 79.9. The Labute approximate surface area is 147 Å². The largest absolute Gasteiger partial charge is 0.496 e. The number of methoxy groups -OCH3 is 1. The van der Waals surface area contributed by atoms with Crippen LogP contribution in [0.4, 0.5) is 5.69 Å². The van der Waals surface area contributed by atoms with E-state index < -0.39 is 0 Å². The van der Waals surface area contributed by atoms with Gasteiger partial charge in [0.2, 0.25) is 0 Å². The summed E-state index contributed by atoms with van der Waals surface area (Å²) in [6, 6.07) is 15.3. The van der Waals surface area contributed by atoms with Crippen LogP contribution >= 0.6 is 15.9 Å². The van der Waals surface area contributed by atoms with E-state index in [-0.39, 0.29) is 0 Å². The molecule has 0 radical (unpaired) electrons. The Hall–Kier alpha value is -1.52. The molecule has 3 rings (SSSR count). The van der Waals surface area contributed by atoms with Crippen molar-refractivity contribution in [3.8, 4) is 5.75 Å². The lowest BCUT2D eigenvalue weighted by Gasteiger charge is -2.33. The second-order valence-electron chi connectivity index (χ2n) is 6.22. The van der Waals surface area contributed by atoms with Gasteiger partial charge in [-0.15, -0.1) is 0 Å². The first-order valence-corrected chi connectivity index (χ1v) is 8.92. The fraction of sp³-hybridized carbons (Fsp3) is 0.368. The van der Waals surface area contributed by atoms with E-state index in [2.05, 4.69) is 64.2 Å². The molecule has 0 amide bonds. The average Bonchev–Trinajstić information content (AvgIpc) is 2.57. The first-order chi connectivity index (χ1) is 11.2. The third-order valence-electron chi connectivity index (χ3n) is 4.54. The molecule has 1 heterocycles. The predicted octanol–water partition coefficient (Wildman–Crippen LogP) is 2.67. The maximum Gasteiger partial charge on any atom is 0.133 e. The molecule has 1 saturated heterocycles. The molecule has 0 atom stereocenters. The minimum Gasteiger partial charge on any atom is -0.496 e. The molecule has 23 heavy (non-hydrogen) atoms. The van der Waals surface area contributed by atoms with Crippen LogP contribution in [0.15, 0.2) is 46.9 Å². The lowest BCUT2D eigenvalue weighted by molar-refractivity contribution is -0.914. The third kappa shape index (κ3) is 4.06. The van der Waals surface area contributed by atoms with Gasteiger partial charge in [-0.1, -0.05) is 17.7 Å². The van der Waals surface area contributed by atoms with E-state index in [0.717, 1.165) is 29.9 Å². The monoisotopic (exact) mass is 375 g/mol. The van der Waals surface area contributed by atoms with Gasteiger partial charge in [0.05, 0.1) is 37.8 Å². The molecule has 1 aliphatic heterocycles. The van der Waals surface area contributed by atoms with Crippen molar-refractivity contribution < 1.29 is 9.64 Å². The van der Waals surface area contributed by atoms with Crippen LogP contribution in [-0.2, 0) is 6.54 Å². The highest BCUT2D eigenvalue weighted by Crippen LogP contribution is 2.25. The quantitative estimate of drug-likeness (QED) is 0.884. The molecule has 2 aromatic carbocycles. The summed E-state index contributed by atoms with van der Waals surface area (Å²) < 4.78 is 6.34. The van der Waals surface area contributed by atoms with Crippen LogP contribution in [0.2, 0.25) is 0 Å². The van der Waals surface area contributed by atoms with Crippen molar-refractivity contribution in [1.82, 2.24) is 0 Å². The summed E-state index contributed by atoms with van der Waals surface area (Å²) >= 11 is 3.58. The number of hydrogen-bond acceptors (Lipinski definition) is 2. The van der Waals surface area contributed by atoms with E-state index in [9.17, 15) is 0 Å². The van der Waals surface area contributed by atoms with E-state index >= 15 is 0 Å². The zero-order valence-electron chi connectivity index (χ0n) is 13.8. The highest BCUT2D eigenvalue weighted by Gasteiger charge is 2.20. The van der Waals surface area contributed by atoms with Crippen molar-refractivity contribution in [2.75, 3.05) is 38.2 Å². The Kier molecular flexibility index (Phi) is 5.23. The first kappa shape index (κ1) is 16.3. The number of hydrogen-bond donors (Lipinski definition) is 1. The van der Waals surface area contributed by atoms with E-state index in [1.165, 1.54) is 29.9 Å². The Morgan fingerprint density at radius 1 is 1.09 bits per heavy atom. The number of nitrogens with one attached hydrogen (secondary N) is 1. The number of aryl methyl sites for hydroxylation is 1. The van der Waals surface area contributed by atoms with Crippen LogP contribution in [0.1, 0.15) is 11.1 Å². The molecular formula is C19H24BrN2O+. The van der Waals surface area contributed by atoms with Gasteiger partial charge in [0.15, 0.2) is 0 Å². The van der Waals surface area contributed by atoms with Gasteiger partial charge >= 0.3 is 0 Å². The maximum atomic E-state index is 5.30. The zero-order chi connectivity index (χ0) is 16.2. The van der Waals surface area contributed by atoms with Gasteiger partial charge in [-0.3, -0.25) is 0 Å². The minimum absolute atomic E-state index is 0.896. The average molecular weight is 376 g/mol. The fourth-order valence-electron chi connectivity index (χ4n) is 3.12. The van der Waals surface area contributed by atoms with E-state index in [0.29, 0.717) is 0 Å². The number of anilines is 1. The highest BCUT2D eigenvalue weighted by molar-refractivity contribution is 9.10. The van der Waals surface area contributed by atoms with E-state index in [1.54, 1.807) is 12.0 Å². The Morgan fingerprint density at radius 3 is 2.39 bits per heavy atom. The normalized spacial score (nSPS) is 15.7. The zero-order valence-corrected chi connectivity index (χ0v) is 15.4. The summed E-state index contributed by atoms with van der Waals surface area (Å²) in [6.07, 6.45) is 0. The fourth-order valence-corrected chi connectivity index (χ4v) is 3.71. The molecular weight excluding hydrogens is 352 g/mol. The van der Waals surface area contributed by atoms with Gasteiger partial charge in [-0.2, -0.15) is 0 Å². The molecule has 2 aromatic rings. The molecule has 1 aliphatic rings. The van der Waals surface area contributed by atoms with Crippen molar-refractivity contribution in [2.24, 2.45) is 0 Å². The summed E-state index contributed by atoms with van der Waals surface area (Å²) in [5.74, 6) is 0.896. The lowest BCUT2D eigenvalue weighted by Crippen LogP contribution is -3.13. The number of rotatable bonds is 4.